The molecule has 1 aliphatic carbocycles. The summed E-state index contributed by atoms with van der Waals surface area (Å²) in [6.45, 7) is 8.97. The number of nitrogens with zero attached hydrogens (tertiary/aromatic N) is 2. The van der Waals surface area contributed by atoms with Gasteiger partial charge in [0.15, 0.2) is 0 Å². The number of hydrogen-bond acceptors (Lipinski definition) is 4. The molecule has 4 nitrogen and oxygen atoms in total. The van der Waals surface area contributed by atoms with Crippen molar-refractivity contribution in [1.29, 1.82) is 5.26 Å². The fourth-order valence-electron chi connectivity index (χ4n) is 2.65. The molecule has 1 aliphatic heterocycles. The van der Waals surface area contributed by atoms with E-state index in [1.165, 1.54) is 12.8 Å². The van der Waals surface area contributed by atoms with E-state index in [4.69, 9.17) is 10.00 Å². The Morgan fingerprint density at radius 1 is 1.53 bits per heavy atom. The standard InChI is InChI=1S/C13H23N3O/c1-10-7-16(9-13(2,3)17-10)8-12(6-14)15-11-4-5-11/h10-12,15H,4-5,7-9H2,1-3H3. The first-order chi connectivity index (χ1) is 7.98. The van der Waals surface area contributed by atoms with Crippen LogP contribution in [0.3, 0.4) is 0 Å². The van der Waals surface area contributed by atoms with Crippen molar-refractivity contribution in [2.75, 3.05) is 19.6 Å². The summed E-state index contributed by atoms with van der Waals surface area (Å²) < 4.78 is 5.87. The molecular formula is C13H23N3O. The average molecular weight is 237 g/mol. The van der Waals surface area contributed by atoms with Crippen molar-refractivity contribution in [3.63, 3.8) is 0 Å². The third kappa shape index (κ3) is 3.95. The molecule has 96 valence electrons. The number of ether oxygens (including phenoxy) is 1. The van der Waals surface area contributed by atoms with Gasteiger partial charge in [-0.05, 0) is 33.6 Å². The highest BCUT2D eigenvalue weighted by molar-refractivity contribution is 4.98. The molecule has 17 heavy (non-hydrogen) atoms. The molecule has 2 aliphatic rings. The molecule has 2 rings (SSSR count). The second kappa shape index (κ2) is 4.93. The maximum absolute atomic E-state index is 9.16. The normalized spacial score (nSPS) is 30.8. The predicted octanol–water partition coefficient (Wildman–Crippen LogP) is 1.13. The van der Waals surface area contributed by atoms with Crippen LogP contribution < -0.4 is 5.32 Å². The number of morpholine rings is 1. The van der Waals surface area contributed by atoms with Crippen LogP contribution in [0.25, 0.3) is 0 Å². The van der Waals surface area contributed by atoms with E-state index < -0.39 is 0 Å². The van der Waals surface area contributed by atoms with Gasteiger partial charge >= 0.3 is 0 Å². The number of hydrogen-bond donors (Lipinski definition) is 1. The van der Waals surface area contributed by atoms with Gasteiger partial charge in [-0.2, -0.15) is 5.26 Å². The Labute approximate surface area is 104 Å². The van der Waals surface area contributed by atoms with Gasteiger partial charge in [0.25, 0.3) is 0 Å². The quantitative estimate of drug-likeness (QED) is 0.796. The van der Waals surface area contributed by atoms with Gasteiger partial charge in [0.1, 0.15) is 6.04 Å². The first-order valence-corrected chi connectivity index (χ1v) is 6.54. The van der Waals surface area contributed by atoms with Crippen molar-refractivity contribution in [2.45, 2.75) is 57.4 Å². The molecule has 2 unspecified atom stereocenters. The highest BCUT2D eigenvalue weighted by Crippen LogP contribution is 2.22. The molecular weight excluding hydrogens is 214 g/mol. The van der Waals surface area contributed by atoms with Crippen LogP contribution in [0.4, 0.5) is 0 Å². The SMILES string of the molecule is CC1CN(CC(C#N)NC2CC2)CC(C)(C)O1. The molecule has 1 saturated heterocycles. The topological polar surface area (TPSA) is 48.3 Å². The first kappa shape index (κ1) is 12.8. The second-order valence-corrected chi connectivity index (χ2v) is 6.00. The summed E-state index contributed by atoms with van der Waals surface area (Å²) >= 11 is 0. The Morgan fingerprint density at radius 2 is 2.24 bits per heavy atom. The van der Waals surface area contributed by atoms with E-state index >= 15 is 0 Å². The van der Waals surface area contributed by atoms with Crippen LogP contribution in [0.2, 0.25) is 0 Å². The molecule has 1 saturated carbocycles. The molecule has 0 amide bonds. The molecule has 0 aromatic carbocycles. The highest BCUT2D eigenvalue weighted by Gasteiger charge is 2.33. The van der Waals surface area contributed by atoms with E-state index in [1.54, 1.807) is 0 Å². The molecule has 4 heteroatoms. The largest absolute Gasteiger partial charge is 0.370 e. The van der Waals surface area contributed by atoms with Crippen molar-refractivity contribution in [1.82, 2.24) is 10.2 Å². The zero-order valence-electron chi connectivity index (χ0n) is 11.1. The molecule has 2 atom stereocenters. The maximum atomic E-state index is 9.16. The lowest BCUT2D eigenvalue weighted by Gasteiger charge is -2.42. The Bertz CT molecular complexity index is 306. The van der Waals surface area contributed by atoms with Gasteiger partial charge in [0.05, 0.1) is 17.8 Å². The van der Waals surface area contributed by atoms with E-state index in [9.17, 15) is 0 Å². The molecule has 0 spiro atoms. The van der Waals surface area contributed by atoms with Crippen LogP contribution >= 0.6 is 0 Å². The summed E-state index contributed by atoms with van der Waals surface area (Å²) in [6.07, 6.45) is 2.70. The Hall–Kier alpha value is -0.630. The number of nitrogens with one attached hydrogen (secondary N) is 1. The molecule has 1 heterocycles. The van der Waals surface area contributed by atoms with E-state index in [-0.39, 0.29) is 17.7 Å². The Balaban J connectivity index is 1.85. The van der Waals surface area contributed by atoms with Crippen molar-refractivity contribution in [2.24, 2.45) is 0 Å². The van der Waals surface area contributed by atoms with Gasteiger partial charge in [0, 0.05) is 25.7 Å². The number of nitriles is 1. The van der Waals surface area contributed by atoms with E-state index in [0.717, 1.165) is 19.6 Å². The molecule has 0 aromatic heterocycles. The zero-order valence-corrected chi connectivity index (χ0v) is 11.1. The van der Waals surface area contributed by atoms with Crippen LogP contribution in [-0.4, -0.2) is 48.3 Å². The lowest BCUT2D eigenvalue weighted by molar-refractivity contribution is -0.129. The van der Waals surface area contributed by atoms with Gasteiger partial charge in [-0.1, -0.05) is 0 Å². The van der Waals surface area contributed by atoms with Gasteiger partial charge in [0.2, 0.25) is 0 Å². The van der Waals surface area contributed by atoms with Crippen molar-refractivity contribution in [3.8, 4) is 6.07 Å². The third-order valence-corrected chi connectivity index (χ3v) is 3.25. The van der Waals surface area contributed by atoms with Crippen LogP contribution in [-0.2, 0) is 4.74 Å². The fourth-order valence-corrected chi connectivity index (χ4v) is 2.65. The van der Waals surface area contributed by atoms with Crippen molar-refractivity contribution >= 4 is 0 Å². The monoisotopic (exact) mass is 237 g/mol. The summed E-state index contributed by atoms with van der Waals surface area (Å²) in [5.41, 5.74) is -0.0999. The van der Waals surface area contributed by atoms with Gasteiger partial charge in [-0.25, -0.2) is 0 Å². The van der Waals surface area contributed by atoms with Crippen LogP contribution in [0, 0.1) is 11.3 Å². The summed E-state index contributed by atoms with van der Waals surface area (Å²) in [5, 5.41) is 12.5. The number of rotatable bonds is 4. The molecule has 0 aromatic rings. The van der Waals surface area contributed by atoms with Crippen LogP contribution in [0.5, 0.6) is 0 Å². The predicted molar refractivity (Wildman–Crippen MR) is 66.6 cm³/mol. The summed E-state index contributed by atoms with van der Waals surface area (Å²) in [7, 11) is 0. The summed E-state index contributed by atoms with van der Waals surface area (Å²) in [4.78, 5) is 2.34. The van der Waals surface area contributed by atoms with E-state index in [0.29, 0.717) is 6.04 Å². The molecule has 0 bridgehead atoms. The lowest BCUT2D eigenvalue weighted by Crippen LogP contribution is -2.54. The third-order valence-electron chi connectivity index (χ3n) is 3.25. The van der Waals surface area contributed by atoms with Gasteiger partial charge < -0.3 is 4.74 Å². The fraction of sp³-hybridized carbons (Fsp3) is 0.923. The minimum atomic E-state index is -0.0999. The highest BCUT2D eigenvalue weighted by atomic mass is 16.5. The average Bonchev–Trinajstić information content (AvgIpc) is 2.97. The van der Waals surface area contributed by atoms with Crippen LogP contribution in [0.1, 0.15) is 33.6 Å². The molecule has 2 fully saturated rings. The first-order valence-electron chi connectivity index (χ1n) is 6.54. The molecule has 0 radical (unpaired) electrons. The van der Waals surface area contributed by atoms with E-state index in [2.05, 4.69) is 37.1 Å². The van der Waals surface area contributed by atoms with Crippen LogP contribution in [0.15, 0.2) is 0 Å². The second-order valence-electron chi connectivity index (χ2n) is 6.00. The van der Waals surface area contributed by atoms with Crippen molar-refractivity contribution < 1.29 is 4.74 Å². The maximum Gasteiger partial charge on any atom is 0.108 e. The summed E-state index contributed by atoms with van der Waals surface area (Å²) in [6, 6.07) is 2.92. The Kier molecular flexibility index (Phi) is 3.72. The Morgan fingerprint density at radius 3 is 2.76 bits per heavy atom. The minimum absolute atomic E-state index is 0.0383. The van der Waals surface area contributed by atoms with Crippen molar-refractivity contribution in [3.05, 3.63) is 0 Å². The van der Waals surface area contributed by atoms with E-state index in [1.807, 2.05) is 0 Å². The lowest BCUT2D eigenvalue weighted by atomic mass is 10.0. The van der Waals surface area contributed by atoms with Gasteiger partial charge in [-0.3, -0.25) is 10.2 Å². The summed E-state index contributed by atoms with van der Waals surface area (Å²) in [5.74, 6) is 0. The molecule has 1 N–H and O–H groups in total. The van der Waals surface area contributed by atoms with Gasteiger partial charge in [-0.15, -0.1) is 0 Å². The minimum Gasteiger partial charge on any atom is -0.370 e. The smallest absolute Gasteiger partial charge is 0.108 e. The zero-order chi connectivity index (χ0) is 12.5.